The molecule has 20 heavy (non-hydrogen) atoms. The van der Waals surface area contributed by atoms with E-state index in [1.165, 1.54) is 0 Å². The molecule has 0 spiro atoms. The van der Waals surface area contributed by atoms with E-state index in [1.807, 2.05) is 0 Å². The van der Waals surface area contributed by atoms with Crippen molar-refractivity contribution < 1.29 is 13.2 Å². The van der Waals surface area contributed by atoms with Crippen molar-refractivity contribution in [2.45, 2.75) is 12.5 Å². The maximum atomic E-state index is 13.9. The van der Waals surface area contributed by atoms with Crippen molar-refractivity contribution in [1.82, 2.24) is 10.2 Å². The molecular formula is C14H18ClF3N2. The molecule has 1 saturated heterocycles. The van der Waals surface area contributed by atoms with Crippen LogP contribution in [0.1, 0.15) is 18.0 Å². The number of hydrogen-bond donors (Lipinski definition) is 1. The highest BCUT2D eigenvalue weighted by Crippen LogP contribution is 2.28. The second-order valence-corrected chi connectivity index (χ2v) is 4.61. The molecule has 112 valence electrons. The van der Waals surface area contributed by atoms with E-state index in [9.17, 15) is 13.2 Å². The van der Waals surface area contributed by atoms with E-state index in [4.69, 9.17) is 0 Å². The van der Waals surface area contributed by atoms with E-state index in [0.717, 1.165) is 32.2 Å². The third-order valence-corrected chi connectivity index (χ3v) is 3.38. The number of benzene rings is 1. The summed E-state index contributed by atoms with van der Waals surface area (Å²) in [5.41, 5.74) is 0.195. The van der Waals surface area contributed by atoms with Crippen molar-refractivity contribution in [3.05, 3.63) is 47.8 Å². The molecule has 1 aliphatic heterocycles. The fourth-order valence-corrected chi connectivity index (χ4v) is 2.42. The molecule has 2 rings (SSSR count). The topological polar surface area (TPSA) is 15.3 Å². The molecular weight excluding hydrogens is 289 g/mol. The molecule has 2 nitrogen and oxygen atoms in total. The van der Waals surface area contributed by atoms with E-state index >= 15 is 0 Å². The molecule has 1 aromatic carbocycles. The van der Waals surface area contributed by atoms with Crippen molar-refractivity contribution in [2.24, 2.45) is 0 Å². The van der Waals surface area contributed by atoms with Crippen LogP contribution in [0.3, 0.4) is 0 Å². The highest BCUT2D eigenvalue weighted by atomic mass is 35.5. The molecule has 0 amide bonds. The first-order valence-electron chi connectivity index (χ1n) is 6.33. The Hall–Kier alpha value is -1.04. The average molecular weight is 307 g/mol. The SMILES string of the molecule is C=CC[C@H](c1cc(F)c(F)cc1F)N1CCNCC1.Cl. The summed E-state index contributed by atoms with van der Waals surface area (Å²) < 4.78 is 40.2. The predicted octanol–water partition coefficient (Wildman–Crippen LogP) is 3.05. The van der Waals surface area contributed by atoms with Gasteiger partial charge in [-0.3, -0.25) is 4.90 Å². The molecule has 1 fully saturated rings. The van der Waals surface area contributed by atoms with Gasteiger partial charge in [-0.1, -0.05) is 6.08 Å². The Bertz CT molecular complexity index is 462. The Morgan fingerprint density at radius 3 is 2.35 bits per heavy atom. The number of rotatable bonds is 4. The lowest BCUT2D eigenvalue weighted by molar-refractivity contribution is 0.171. The fraction of sp³-hybridized carbons (Fsp3) is 0.429. The highest BCUT2D eigenvalue weighted by molar-refractivity contribution is 5.85. The van der Waals surface area contributed by atoms with Gasteiger partial charge in [-0.05, 0) is 12.5 Å². The van der Waals surface area contributed by atoms with Crippen LogP contribution in [0.2, 0.25) is 0 Å². The van der Waals surface area contributed by atoms with E-state index in [1.54, 1.807) is 6.08 Å². The molecule has 0 radical (unpaired) electrons. The van der Waals surface area contributed by atoms with E-state index in [0.29, 0.717) is 12.5 Å². The number of halogens is 4. The number of piperazine rings is 1. The Labute approximate surface area is 123 Å². The summed E-state index contributed by atoms with van der Waals surface area (Å²) in [6.07, 6.45) is 2.18. The molecule has 0 aromatic heterocycles. The zero-order valence-corrected chi connectivity index (χ0v) is 11.9. The van der Waals surface area contributed by atoms with Gasteiger partial charge in [-0.25, -0.2) is 13.2 Å². The lowest BCUT2D eigenvalue weighted by Crippen LogP contribution is -2.45. The first kappa shape index (κ1) is 17.0. The molecule has 0 saturated carbocycles. The first-order valence-corrected chi connectivity index (χ1v) is 6.33. The quantitative estimate of drug-likeness (QED) is 0.679. The van der Waals surface area contributed by atoms with Crippen LogP contribution in [0.25, 0.3) is 0 Å². The summed E-state index contributed by atoms with van der Waals surface area (Å²) in [6, 6.07) is 1.28. The van der Waals surface area contributed by atoms with Gasteiger partial charge >= 0.3 is 0 Å². The van der Waals surface area contributed by atoms with Crippen LogP contribution in [-0.2, 0) is 0 Å². The molecule has 0 aliphatic carbocycles. The van der Waals surface area contributed by atoms with Gasteiger partial charge in [0.1, 0.15) is 5.82 Å². The van der Waals surface area contributed by atoms with Gasteiger partial charge in [-0.2, -0.15) is 0 Å². The van der Waals surface area contributed by atoms with Gasteiger partial charge < -0.3 is 5.32 Å². The minimum Gasteiger partial charge on any atom is -0.314 e. The Morgan fingerprint density at radius 1 is 1.15 bits per heavy atom. The molecule has 0 unspecified atom stereocenters. The summed E-state index contributed by atoms with van der Waals surface area (Å²) in [6.45, 7) is 6.76. The number of nitrogens with one attached hydrogen (secondary N) is 1. The zero-order valence-electron chi connectivity index (χ0n) is 11.0. The first-order chi connectivity index (χ1) is 9.13. The standard InChI is InChI=1S/C14H17F3N2.ClH/c1-2-3-14(19-6-4-18-5-7-19)10-8-12(16)13(17)9-11(10)15;/h2,8-9,14,18H,1,3-7H2;1H/t14-;/m1./s1. The van der Waals surface area contributed by atoms with Crippen molar-refractivity contribution in [3.8, 4) is 0 Å². The Kier molecular flexibility index (Phi) is 6.52. The van der Waals surface area contributed by atoms with Crippen molar-refractivity contribution >= 4 is 12.4 Å². The largest absolute Gasteiger partial charge is 0.314 e. The maximum Gasteiger partial charge on any atom is 0.161 e. The van der Waals surface area contributed by atoms with Crippen LogP contribution in [0.15, 0.2) is 24.8 Å². The molecule has 0 bridgehead atoms. The van der Waals surface area contributed by atoms with Crippen LogP contribution in [0, 0.1) is 17.5 Å². The van der Waals surface area contributed by atoms with Crippen LogP contribution >= 0.6 is 12.4 Å². The normalized spacial score (nSPS) is 17.4. The van der Waals surface area contributed by atoms with Crippen LogP contribution in [-0.4, -0.2) is 31.1 Å². The van der Waals surface area contributed by atoms with Crippen LogP contribution in [0.5, 0.6) is 0 Å². The van der Waals surface area contributed by atoms with Gasteiger partial charge in [0.15, 0.2) is 11.6 Å². The summed E-state index contributed by atoms with van der Waals surface area (Å²) >= 11 is 0. The number of nitrogens with zero attached hydrogens (tertiary/aromatic N) is 1. The molecule has 1 aliphatic rings. The van der Waals surface area contributed by atoms with Crippen molar-refractivity contribution in [1.29, 1.82) is 0 Å². The van der Waals surface area contributed by atoms with Crippen molar-refractivity contribution in [3.63, 3.8) is 0 Å². The summed E-state index contributed by atoms with van der Waals surface area (Å²) in [7, 11) is 0. The third kappa shape index (κ3) is 3.75. The molecule has 1 atom stereocenters. The second kappa shape index (κ2) is 7.67. The van der Waals surface area contributed by atoms with Gasteiger partial charge in [0.05, 0.1) is 0 Å². The van der Waals surface area contributed by atoms with Gasteiger partial charge in [0, 0.05) is 43.9 Å². The highest BCUT2D eigenvalue weighted by Gasteiger charge is 2.25. The van der Waals surface area contributed by atoms with Gasteiger partial charge in [-0.15, -0.1) is 19.0 Å². The Morgan fingerprint density at radius 2 is 1.75 bits per heavy atom. The lowest BCUT2D eigenvalue weighted by atomic mass is 10.00. The predicted molar refractivity (Wildman–Crippen MR) is 75.6 cm³/mol. The maximum absolute atomic E-state index is 13.9. The summed E-state index contributed by atoms with van der Waals surface area (Å²) in [5.74, 6) is -2.87. The molecule has 1 aromatic rings. The van der Waals surface area contributed by atoms with Crippen LogP contribution in [0.4, 0.5) is 13.2 Å². The average Bonchev–Trinajstić information content (AvgIpc) is 2.42. The minimum atomic E-state index is -1.15. The van der Waals surface area contributed by atoms with Crippen LogP contribution < -0.4 is 5.32 Å². The Balaban J connectivity index is 0.00000200. The minimum absolute atomic E-state index is 0. The second-order valence-electron chi connectivity index (χ2n) is 4.61. The van der Waals surface area contributed by atoms with E-state index in [-0.39, 0.29) is 24.0 Å². The summed E-state index contributed by atoms with van der Waals surface area (Å²) in [4.78, 5) is 2.06. The third-order valence-electron chi connectivity index (χ3n) is 3.38. The van der Waals surface area contributed by atoms with E-state index < -0.39 is 17.5 Å². The van der Waals surface area contributed by atoms with E-state index in [2.05, 4.69) is 16.8 Å². The van der Waals surface area contributed by atoms with Gasteiger partial charge in [0.25, 0.3) is 0 Å². The number of hydrogen-bond acceptors (Lipinski definition) is 2. The smallest absolute Gasteiger partial charge is 0.161 e. The monoisotopic (exact) mass is 306 g/mol. The van der Waals surface area contributed by atoms with Crippen molar-refractivity contribution in [2.75, 3.05) is 26.2 Å². The zero-order chi connectivity index (χ0) is 13.8. The molecule has 1 N–H and O–H groups in total. The molecule has 1 heterocycles. The summed E-state index contributed by atoms with van der Waals surface area (Å²) in [5, 5.41) is 3.20. The lowest BCUT2D eigenvalue weighted by Gasteiger charge is -2.35. The fourth-order valence-electron chi connectivity index (χ4n) is 2.42. The molecule has 6 heteroatoms. The van der Waals surface area contributed by atoms with Gasteiger partial charge in [0.2, 0.25) is 0 Å².